The molecule has 0 aliphatic rings. The van der Waals surface area contributed by atoms with Crippen LogP contribution in [0.1, 0.15) is 45.4 Å². The Kier molecular flexibility index (Phi) is 8.29. The van der Waals surface area contributed by atoms with Crippen LogP contribution in [0.5, 0.6) is 0 Å². The lowest BCUT2D eigenvalue weighted by molar-refractivity contribution is -0.119. The second-order valence-electron chi connectivity index (χ2n) is 3.88. The molecule has 16 heavy (non-hydrogen) atoms. The van der Waals surface area contributed by atoms with Gasteiger partial charge >= 0.3 is 6.03 Å². The fourth-order valence-electron chi connectivity index (χ4n) is 1.47. The van der Waals surface area contributed by atoms with Crippen molar-refractivity contribution in [2.45, 2.75) is 51.5 Å². The van der Waals surface area contributed by atoms with Gasteiger partial charge < -0.3 is 16.4 Å². The predicted molar refractivity (Wildman–Crippen MR) is 63.9 cm³/mol. The third-order valence-electron chi connectivity index (χ3n) is 2.47. The molecule has 0 saturated carbocycles. The van der Waals surface area contributed by atoms with E-state index in [1.54, 1.807) is 0 Å². The van der Waals surface area contributed by atoms with Gasteiger partial charge in [-0.3, -0.25) is 4.79 Å². The average molecular weight is 229 g/mol. The summed E-state index contributed by atoms with van der Waals surface area (Å²) >= 11 is 0. The van der Waals surface area contributed by atoms with Crippen molar-refractivity contribution in [3.05, 3.63) is 0 Å². The standard InChI is InChI=1S/C11H23N3O2/c1-3-4-5-6-7-8-9(10(12)15)14-11(16)13-2/h9H,3-8H2,1-2H3,(H2,12,15)(H2,13,14,16). The number of urea groups is 1. The molecule has 0 aromatic heterocycles. The molecule has 0 aromatic rings. The molecule has 0 spiro atoms. The maximum atomic E-state index is 11.1. The molecule has 0 bridgehead atoms. The zero-order chi connectivity index (χ0) is 12.4. The van der Waals surface area contributed by atoms with Crippen LogP contribution in [0, 0.1) is 0 Å². The molecule has 5 heteroatoms. The Labute approximate surface area is 97.2 Å². The van der Waals surface area contributed by atoms with Crippen LogP contribution in [-0.4, -0.2) is 25.0 Å². The first-order valence-electron chi connectivity index (χ1n) is 5.89. The minimum Gasteiger partial charge on any atom is -0.368 e. The Balaban J connectivity index is 3.77. The lowest BCUT2D eigenvalue weighted by Crippen LogP contribution is -2.47. The fourth-order valence-corrected chi connectivity index (χ4v) is 1.47. The summed E-state index contributed by atoms with van der Waals surface area (Å²) in [6.07, 6.45) is 6.18. The molecule has 94 valence electrons. The van der Waals surface area contributed by atoms with Crippen LogP contribution in [0.25, 0.3) is 0 Å². The molecule has 0 aliphatic carbocycles. The van der Waals surface area contributed by atoms with Gasteiger partial charge in [-0.05, 0) is 6.42 Å². The molecule has 5 nitrogen and oxygen atoms in total. The summed E-state index contributed by atoms with van der Waals surface area (Å²) in [6.45, 7) is 2.15. The third-order valence-corrected chi connectivity index (χ3v) is 2.47. The highest BCUT2D eigenvalue weighted by Crippen LogP contribution is 2.07. The van der Waals surface area contributed by atoms with E-state index in [2.05, 4.69) is 17.6 Å². The van der Waals surface area contributed by atoms with Crippen LogP contribution in [0.3, 0.4) is 0 Å². The molecule has 0 aliphatic heterocycles. The molecule has 3 amide bonds. The van der Waals surface area contributed by atoms with Crippen LogP contribution in [0.2, 0.25) is 0 Å². The zero-order valence-corrected chi connectivity index (χ0v) is 10.2. The second kappa shape index (κ2) is 9.00. The SMILES string of the molecule is CCCCCCCC(NC(=O)NC)C(N)=O. The van der Waals surface area contributed by atoms with Crippen molar-refractivity contribution in [2.24, 2.45) is 5.73 Å². The average Bonchev–Trinajstić information content (AvgIpc) is 2.26. The van der Waals surface area contributed by atoms with E-state index in [-0.39, 0.29) is 6.03 Å². The van der Waals surface area contributed by atoms with E-state index in [9.17, 15) is 9.59 Å². The first kappa shape index (κ1) is 14.7. The van der Waals surface area contributed by atoms with Crippen molar-refractivity contribution < 1.29 is 9.59 Å². The first-order valence-corrected chi connectivity index (χ1v) is 5.89. The van der Waals surface area contributed by atoms with Gasteiger partial charge in [0.1, 0.15) is 6.04 Å². The number of primary amides is 1. The van der Waals surface area contributed by atoms with Crippen LogP contribution >= 0.6 is 0 Å². The summed E-state index contributed by atoms with van der Waals surface area (Å²) in [7, 11) is 1.51. The van der Waals surface area contributed by atoms with Crippen LogP contribution < -0.4 is 16.4 Å². The number of hydrogen-bond donors (Lipinski definition) is 3. The molecule has 1 unspecified atom stereocenters. The Bertz CT molecular complexity index is 219. The van der Waals surface area contributed by atoms with Crippen LogP contribution in [0.15, 0.2) is 0 Å². The summed E-state index contributed by atoms with van der Waals surface area (Å²) in [6, 6.07) is -0.918. The highest BCUT2D eigenvalue weighted by Gasteiger charge is 2.16. The molecule has 0 aromatic carbocycles. The van der Waals surface area contributed by atoms with E-state index in [1.807, 2.05) is 0 Å². The van der Waals surface area contributed by atoms with Gasteiger partial charge in [-0.2, -0.15) is 0 Å². The van der Waals surface area contributed by atoms with Crippen molar-refractivity contribution in [1.82, 2.24) is 10.6 Å². The van der Waals surface area contributed by atoms with Gasteiger partial charge in [-0.25, -0.2) is 4.79 Å². The van der Waals surface area contributed by atoms with Crippen molar-refractivity contribution >= 4 is 11.9 Å². The lowest BCUT2D eigenvalue weighted by atomic mass is 10.1. The predicted octanol–water partition coefficient (Wildman–Crippen LogP) is 1.13. The van der Waals surface area contributed by atoms with Gasteiger partial charge in [-0.1, -0.05) is 39.0 Å². The minimum absolute atomic E-state index is 0.364. The summed E-state index contributed by atoms with van der Waals surface area (Å²) in [5.74, 6) is -0.473. The van der Waals surface area contributed by atoms with Crippen molar-refractivity contribution in [1.29, 1.82) is 0 Å². The Morgan fingerprint density at radius 1 is 1.19 bits per heavy atom. The number of nitrogens with two attached hydrogens (primary N) is 1. The van der Waals surface area contributed by atoms with Crippen molar-refractivity contribution in [2.75, 3.05) is 7.05 Å². The monoisotopic (exact) mass is 229 g/mol. The molecular weight excluding hydrogens is 206 g/mol. The van der Waals surface area contributed by atoms with E-state index in [1.165, 1.54) is 26.3 Å². The largest absolute Gasteiger partial charge is 0.368 e. The number of amides is 3. The smallest absolute Gasteiger partial charge is 0.315 e. The number of carbonyl (C=O) groups excluding carboxylic acids is 2. The summed E-state index contributed by atoms with van der Waals surface area (Å²) < 4.78 is 0. The Morgan fingerprint density at radius 2 is 1.81 bits per heavy atom. The second-order valence-corrected chi connectivity index (χ2v) is 3.88. The molecule has 4 N–H and O–H groups in total. The lowest BCUT2D eigenvalue weighted by Gasteiger charge is -2.14. The van der Waals surface area contributed by atoms with Crippen molar-refractivity contribution in [3.63, 3.8) is 0 Å². The maximum Gasteiger partial charge on any atom is 0.315 e. The summed E-state index contributed by atoms with van der Waals surface area (Å²) in [5.41, 5.74) is 5.20. The molecule has 0 rings (SSSR count). The number of carbonyl (C=O) groups is 2. The van der Waals surface area contributed by atoms with Gasteiger partial charge in [-0.15, -0.1) is 0 Å². The third kappa shape index (κ3) is 7.09. The van der Waals surface area contributed by atoms with Crippen LogP contribution in [0.4, 0.5) is 4.79 Å². The molecule has 1 atom stereocenters. The number of nitrogens with one attached hydrogen (secondary N) is 2. The highest BCUT2D eigenvalue weighted by molar-refractivity contribution is 5.85. The molecule has 0 saturated heterocycles. The number of unbranched alkanes of at least 4 members (excludes halogenated alkanes) is 4. The molecule has 0 radical (unpaired) electrons. The quantitative estimate of drug-likeness (QED) is 0.545. The Hall–Kier alpha value is -1.26. The van der Waals surface area contributed by atoms with Gasteiger partial charge in [0.25, 0.3) is 0 Å². The van der Waals surface area contributed by atoms with Crippen LogP contribution in [-0.2, 0) is 4.79 Å². The van der Waals surface area contributed by atoms with E-state index in [0.717, 1.165) is 12.8 Å². The summed E-state index contributed by atoms with van der Waals surface area (Å²) in [5, 5.41) is 4.94. The molecular formula is C11H23N3O2. The highest BCUT2D eigenvalue weighted by atomic mass is 16.2. The first-order chi connectivity index (χ1) is 7.61. The molecule has 0 heterocycles. The van der Waals surface area contributed by atoms with Gasteiger partial charge in [0, 0.05) is 7.05 Å². The van der Waals surface area contributed by atoms with Crippen molar-refractivity contribution in [3.8, 4) is 0 Å². The normalized spacial score (nSPS) is 11.9. The van der Waals surface area contributed by atoms with Gasteiger partial charge in [0.05, 0.1) is 0 Å². The van der Waals surface area contributed by atoms with Gasteiger partial charge in [0.15, 0.2) is 0 Å². The minimum atomic E-state index is -0.554. The van der Waals surface area contributed by atoms with E-state index >= 15 is 0 Å². The topological polar surface area (TPSA) is 84.2 Å². The van der Waals surface area contributed by atoms with Gasteiger partial charge in [0.2, 0.25) is 5.91 Å². The number of rotatable bonds is 8. The zero-order valence-electron chi connectivity index (χ0n) is 10.2. The van der Waals surface area contributed by atoms with E-state index in [0.29, 0.717) is 6.42 Å². The van der Waals surface area contributed by atoms with E-state index < -0.39 is 11.9 Å². The Morgan fingerprint density at radius 3 is 2.31 bits per heavy atom. The summed E-state index contributed by atoms with van der Waals surface area (Å²) in [4.78, 5) is 22.1. The fraction of sp³-hybridized carbons (Fsp3) is 0.818. The number of hydrogen-bond acceptors (Lipinski definition) is 2. The van der Waals surface area contributed by atoms with E-state index in [4.69, 9.17) is 5.73 Å². The maximum absolute atomic E-state index is 11.1. The molecule has 0 fully saturated rings.